The quantitative estimate of drug-likeness (QED) is 0.567. The number of nitrogens with one attached hydrogen (secondary N) is 2. The number of rotatable bonds is 6. The Morgan fingerprint density at radius 2 is 1.90 bits per heavy atom. The molecule has 1 heterocycles. The fraction of sp³-hybridized carbons (Fsp3) is 0.0476. The Balaban J connectivity index is 1.79. The second kappa shape index (κ2) is 8.89. The molecule has 1 aromatic heterocycles. The van der Waals surface area contributed by atoms with Crippen molar-refractivity contribution in [2.45, 2.75) is 11.8 Å². The average Bonchev–Trinajstić information content (AvgIpc) is 2.70. The molecule has 1 amide bonds. The Morgan fingerprint density at radius 1 is 1.10 bits per heavy atom. The third kappa shape index (κ3) is 5.43. The van der Waals surface area contributed by atoms with E-state index in [1.54, 1.807) is 67.9 Å². The Labute approximate surface area is 174 Å². The minimum absolute atomic E-state index is 0.0476. The number of anilines is 2. The van der Waals surface area contributed by atoms with Crippen molar-refractivity contribution in [2.75, 3.05) is 10.0 Å². The zero-order chi connectivity index (χ0) is 20.9. The minimum Gasteiger partial charge on any atom is -0.322 e. The van der Waals surface area contributed by atoms with Crippen LogP contribution in [0, 0.1) is 6.92 Å². The molecule has 0 unspecified atom stereocenters. The van der Waals surface area contributed by atoms with Gasteiger partial charge >= 0.3 is 0 Å². The molecule has 0 radical (unpaired) electrons. The molecule has 0 fully saturated rings. The van der Waals surface area contributed by atoms with Gasteiger partial charge in [-0.05, 0) is 54.5 Å². The molecular formula is C21H18ClN3O3S. The van der Waals surface area contributed by atoms with E-state index in [1.807, 2.05) is 6.07 Å². The summed E-state index contributed by atoms with van der Waals surface area (Å²) in [4.78, 5) is 16.2. The Morgan fingerprint density at radius 3 is 2.62 bits per heavy atom. The van der Waals surface area contributed by atoms with Crippen LogP contribution in [0.3, 0.4) is 0 Å². The first-order chi connectivity index (χ1) is 13.8. The van der Waals surface area contributed by atoms with Crippen molar-refractivity contribution in [3.05, 3.63) is 89.2 Å². The summed E-state index contributed by atoms with van der Waals surface area (Å²) in [5, 5.41) is 2.95. The number of benzene rings is 2. The van der Waals surface area contributed by atoms with Crippen molar-refractivity contribution in [1.82, 2.24) is 4.98 Å². The first-order valence-electron chi connectivity index (χ1n) is 8.62. The van der Waals surface area contributed by atoms with Crippen LogP contribution in [-0.4, -0.2) is 19.3 Å². The van der Waals surface area contributed by atoms with E-state index in [0.717, 1.165) is 5.56 Å². The summed E-state index contributed by atoms with van der Waals surface area (Å²) in [6.07, 6.45) is 6.24. The lowest BCUT2D eigenvalue weighted by Crippen LogP contribution is -2.15. The van der Waals surface area contributed by atoms with Crippen molar-refractivity contribution in [3.63, 3.8) is 0 Å². The lowest BCUT2D eigenvalue weighted by Gasteiger charge is -2.13. The average molecular weight is 428 g/mol. The van der Waals surface area contributed by atoms with Gasteiger partial charge in [0.2, 0.25) is 5.91 Å². The van der Waals surface area contributed by atoms with Gasteiger partial charge < -0.3 is 5.32 Å². The van der Waals surface area contributed by atoms with Crippen LogP contribution in [0.5, 0.6) is 0 Å². The molecule has 0 atom stereocenters. The Kier molecular flexibility index (Phi) is 6.31. The highest BCUT2D eigenvalue weighted by Gasteiger charge is 2.19. The molecule has 2 aromatic carbocycles. The number of carbonyl (C=O) groups is 1. The molecule has 0 aliphatic heterocycles. The summed E-state index contributed by atoms with van der Waals surface area (Å²) >= 11 is 6.05. The molecule has 0 aliphatic carbocycles. The van der Waals surface area contributed by atoms with Crippen molar-refractivity contribution in [3.8, 4) is 0 Å². The second-order valence-electron chi connectivity index (χ2n) is 6.17. The summed E-state index contributed by atoms with van der Waals surface area (Å²) in [6.45, 7) is 1.68. The molecule has 0 saturated heterocycles. The molecule has 3 rings (SSSR count). The van der Waals surface area contributed by atoms with Crippen molar-refractivity contribution < 1.29 is 13.2 Å². The normalized spacial score (nSPS) is 11.4. The van der Waals surface area contributed by atoms with Crippen LogP contribution < -0.4 is 10.0 Å². The zero-order valence-corrected chi connectivity index (χ0v) is 17.0. The SMILES string of the molecule is Cc1ccc(NC(=O)/C=C/c2cccnc2)cc1S(=O)(=O)Nc1ccccc1Cl. The number of halogens is 1. The van der Waals surface area contributed by atoms with Gasteiger partial charge in [0.1, 0.15) is 0 Å². The van der Waals surface area contributed by atoms with Crippen molar-refractivity contribution >= 4 is 45.0 Å². The van der Waals surface area contributed by atoms with E-state index >= 15 is 0 Å². The summed E-state index contributed by atoms with van der Waals surface area (Å²) < 4.78 is 28.1. The lowest BCUT2D eigenvalue weighted by molar-refractivity contribution is -0.111. The van der Waals surface area contributed by atoms with Crippen LogP contribution in [0.4, 0.5) is 11.4 Å². The van der Waals surface area contributed by atoms with E-state index in [4.69, 9.17) is 11.6 Å². The Hall–Kier alpha value is -3.16. The van der Waals surface area contributed by atoms with Crippen LogP contribution in [0.15, 0.2) is 78.0 Å². The first-order valence-corrected chi connectivity index (χ1v) is 10.5. The van der Waals surface area contributed by atoms with E-state index in [-0.39, 0.29) is 16.5 Å². The molecule has 0 bridgehead atoms. The number of para-hydroxylation sites is 1. The standard InChI is InChI=1S/C21H18ClN3O3S/c1-15-8-10-17(24-21(26)11-9-16-5-4-12-23-14-16)13-20(15)29(27,28)25-19-7-3-2-6-18(19)22/h2-14,25H,1H3,(H,24,26)/b11-9+. The summed E-state index contributed by atoms with van der Waals surface area (Å²) in [6, 6.07) is 14.8. The summed E-state index contributed by atoms with van der Waals surface area (Å²) in [7, 11) is -3.89. The van der Waals surface area contributed by atoms with Gasteiger partial charge in [-0.25, -0.2) is 8.42 Å². The first kappa shape index (κ1) is 20.6. The Bertz CT molecular complexity index is 1160. The predicted octanol–water partition coefficient (Wildman–Crippen LogP) is 4.50. The number of sulfonamides is 1. The molecule has 6 nitrogen and oxygen atoms in total. The number of aromatic nitrogens is 1. The minimum atomic E-state index is -3.89. The fourth-order valence-corrected chi connectivity index (χ4v) is 4.13. The number of hydrogen-bond donors (Lipinski definition) is 2. The van der Waals surface area contributed by atoms with E-state index in [9.17, 15) is 13.2 Å². The maximum Gasteiger partial charge on any atom is 0.262 e. The molecule has 2 N–H and O–H groups in total. The monoisotopic (exact) mass is 427 g/mol. The molecule has 0 saturated carbocycles. The van der Waals surface area contributed by atoms with Gasteiger partial charge in [-0.2, -0.15) is 0 Å². The molecule has 3 aromatic rings. The van der Waals surface area contributed by atoms with Gasteiger partial charge in [0.05, 0.1) is 15.6 Å². The second-order valence-corrected chi connectivity index (χ2v) is 8.23. The third-order valence-electron chi connectivity index (χ3n) is 3.97. The molecule has 0 aliphatic rings. The molecule has 8 heteroatoms. The van der Waals surface area contributed by atoms with Gasteiger partial charge in [0.25, 0.3) is 10.0 Å². The van der Waals surface area contributed by atoms with Crippen molar-refractivity contribution in [1.29, 1.82) is 0 Å². The van der Waals surface area contributed by atoms with Crippen LogP contribution in [0.25, 0.3) is 6.08 Å². The zero-order valence-electron chi connectivity index (χ0n) is 15.5. The van der Waals surface area contributed by atoms with Crippen molar-refractivity contribution in [2.24, 2.45) is 0 Å². The molecular weight excluding hydrogens is 410 g/mol. The van der Waals surface area contributed by atoms with E-state index < -0.39 is 10.0 Å². The predicted molar refractivity (Wildman–Crippen MR) is 115 cm³/mol. The van der Waals surface area contributed by atoms with Crippen LogP contribution in [0.2, 0.25) is 5.02 Å². The lowest BCUT2D eigenvalue weighted by atomic mass is 10.2. The van der Waals surface area contributed by atoms with E-state index in [1.165, 1.54) is 12.1 Å². The van der Waals surface area contributed by atoms with Crippen LogP contribution in [-0.2, 0) is 14.8 Å². The number of amides is 1. The number of nitrogens with zero attached hydrogens (tertiary/aromatic N) is 1. The van der Waals surface area contributed by atoms with Crippen LogP contribution >= 0.6 is 11.6 Å². The van der Waals surface area contributed by atoms with Gasteiger partial charge in [0.15, 0.2) is 0 Å². The smallest absolute Gasteiger partial charge is 0.262 e. The number of hydrogen-bond acceptors (Lipinski definition) is 4. The van der Waals surface area contributed by atoms with E-state index in [0.29, 0.717) is 16.3 Å². The highest BCUT2D eigenvalue weighted by Crippen LogP contribution is 2.26. The fourth-order valence-electron chi connectivity index (χ4n) is 2.54. The van der Waals surface area contributed by atoms with Gasteiger partial charge in [-0.15, -0.1) is 0 Å². The largest absolute Gasteiger partial charge is 0.322 e. The molecule has 148 valence electrons. The van der Waals surface area contributed by atoms with Crippen LogP contribution in [0.1, 0.15) is 11.1 Å². The highest BCUT2D eigenvalue weighted by molar-refractivity contribution is 7.92. The highest BCUT2D eigenvalue weighted by atomic mass is 35.5. The summed E-state index contributed by atoms with van der Waals surface area (Å²) in [5.41, 5.74) is 1.95. The maximum atomic E-state index is 12.8. The number of pyridine rings is 1. The van der Waals surface area contributed by atoms with Gasteiger partial charge in [-0.3, -0.25) is 14.5 Å². The number of aryl methyl sites for hydroxylation is 1. The van der Waals surface area contributed by atoms with Gasteiger partial charge in [0, 0.05) is 24.2 Å². The molecule has 0 spiro atoms. The maximum absolute atomic E-state index is 12.8. The summed E-state index contributed by atoms with van der Waals surface area (Å²) in [5.74, 6) is -0.389. The van der Waals surface area contributed by atoms with Gasteiger partial charge in [-0.1, -0.05) is 35.9 Å². The topological polar surface area (TPSA) is 88.2 Å². The molecule has 29 heavy (non-hydrogen) atoms. The number of carbonyl (C=O) groups excluding carboxylic acids is 1. The van der Waals surface area contributed by atoms with E-state index in [2.05, 4.69) is 15.0 Å². The third-order valence-corrected chi connectivity index (χ3v) is 5.81.